The van der Waals surface area contributed by atoms with Gasteiger partial charge in [0.1, 0.15) is 18.2 Å². The molecule has 2 aromatic carbocycles. The molecule has 0 unspecified atom stereocenters. The molecule has 3 heterocycles. The number of benzene rings is 2. The highest BCUT2D eigenvalue weighted by Crippen LogP contribution is 2.41. The Morgan fingerprint density at radius 2 is 1.86 bits per heavy atom. The number of nitrogens with zero attached hydrogens (tertiary/aromatic N) is 1. The zero-order chi connectivity index (χ0) is 19.4. The van der Waals surface area contributed by atoms with Crippen molar-refractivity contribution in [1.29, 1.82) is 0 Å². The number of hydrogen-bond acceptors (Lipinski definition) is 2. The van der Waals surface area contributed by atoms with E-state index in [-0.39, 0.29) is 0 Å². The van der Waals surface area contributed by atoms with Crippen LogP contribution in [0, 0.1) is 13.8 Å². The molecule has 140 valence electrons. The first-order valence-corrected chi connectivity index (χ1v) is 10.7. The predicted octanol–water partition coefficient (Wildman–Crippen LogP) is 6.86. The van der Waals surface area contributed by atoms with E-state index < -0.39 is 0 Å². The van der Waals surface area contributed by atoms with Crippen molar-refractivity contribution >= 4 is 43.4 Å². The highest BCUT2D eigenvalue weighted by atomic mass is 32.1. The van der Waals surface area contributed by atoms with Crippen molar-refractivity contribution < 1.29 is 8.98 Å². The Morgan fingerprint density at radius 3 is 2.64 bits per heavy atom. The lowest BCUT2D eigenvalue weighted by Crippen LogP contribution is -2.30. The van der Waals surface area contributed by atoms with Gasteiger partial charge in [0, 0.05) is 32.5 Å². The molecular formula is C25H24NOS+. The minimum Gasteiger partial charge on any atom is -0.455 e. The maximum atomic E-state index is 6.53. The average molecular weight is 387 g/mol. The van der Waals surface area contributed by atoms with Gasteiger partial charge in [-0.3, -0.25) is 0 Å². The fourth-order valence-electron chi connectivity index (χ4n) is 4.26. The molecule has 2 nitrogen and oxygen atoms in total. The monoisotopic (exact) mass is 386 g/mol. The standard InChI is InChI=1S/C25H24NOS/c1-5-8-17-10-11-18-20-13-19-15(2)16(3)28-23(19)14-22(20)27-25(18)24(17)21-9-6-7-12-26(21)4/h6-7,9-14H,5,8H2,1-4H3/q+1. The smallest absolute Gasteiger partial charge is 0.216 e. The van der Waals surface area contributed by atoms with Crippen LogP contribution >= 0.6 is 11.3 Å². The number of thiophene rings is 1. The van der Waals surface area contributed by atoms with Crippen LogP contribution in [0.15, 0.2) is 53.1 Å². The number of furan rings is 1. The van der Waals surface area contributed by atoms with E-state index in [4.69, 9.17) is 4.42 Å². The van der Waals surface area contributed by atoms with Gasteiger partial charge in [-0.15, -0.1) is 11.3 Å². The summed E-state index contributed by atoms with van der Waals surface area (Å²) in [6, 6.07) is 15.5. The topological polar surface area (TPSA) is 17.0 Å². The largest absolute Gasteiger partial charge is 0.455 e. The Morgan fingerprint density at radius 1 is 1.00 bits per heavy atom. The Hall–Kier alpha value is -2.65. The SMILES string of the molecule is CCCc1ccc2c(oc3cc4sc(C)c(C)c4cc32)c1-c1cccc[n+]1C. The maximum absolute atomic E-state index is 6.53. The molecule has 0 aliphatic heterocycles. The van der Waals surface area contributed by atoms with Crippen molar-refractivity contribution in [3.8, 4) is 11.3 Å². The molecule has 0 fully saturated rings. The summed E-state index contributed by atoms with van der Waals surface area (Å²) in [5, 5.41) is 3.77. The van der Waals surface area contributed by atoms with Crippen LogP contribution in [0.2, 0.25) is 0 Å². The first-order valence-electron chi connectivity index (χ1n) is 9.91. The van der Waals surface area contributed by atoms with E-state index in [9.17, 15) is 0 Å². The molecule has 0 spiro atoms. The molecule has 5 aromatic rings. The molecule has 0 amide bonds. The predicted molar refractivity (Wildman–Crippen MR) is 119 cm³/mol. The number of aryl methyl sites for hydroxylation is 4. The summed E-state index contributed by atoms with van der Waals surface area (Å²) in [6.07, 6.45) is 4.27. The van der Waals surface area contributed by atoms with Crippen LogP contribution in [0.1, 0.15) is 29.3 Å². The highest BCUT2D eigenvalue weighted by molar-refractivity contribution is 7.19. The second-order valence-corrected chi connectivity index (χ2v) is 8.91. The molecule has 3 heteroatoms. The van der Waals surface area contributed by atoms with Gasteiger partial charge in [0.05, 0.1) is 5.56 Å². The molecule has 0 saturated heterocycles. The quantitative estimate of drug-likeness (QED) is 0.309. The van der Waals surface area contributed by atoms with Gasteiger partial charge in [0.25, 0.3) is 0 Å². The summed E-state index contributed by atoms with van der Waals surface area (Å²) in [6.45, 7) is 6.65. The molecule has 0 radical (unpaired) electrons. The van der Waals surface area contributed by atoms with Gasteiger partial charge in [-0.25, -0.2) is 4.57 Å². The summed E-state index contributed by atoms with van der Waals surface area (Å²) >= 11 is 1.85. The number of hydrogen-bond donors (Lipinski definition) is 0. The maximum Gasteiger partial charge on any atom is 0.216 e. The first-order chi connectivity index (χ1) is 13.6. The van der Waals surface area contributed by atoms with Crippen LogP contribution in [-0.4, -0.2) is 0 Å². The van der Waals surface area contributed by atoms with E-state index >= 15 is 0 Å². The van der Waals surface area contributed by atoms with E-state index in [1.54, 1.807) is 0 Å². The number of aromatic nitrogens is 1. The molecule has 0 saturated carbocycles. The first kappa shape index (κ1) is 17.4. The third kappa shape index (κ3) is 2.50. The van der Waals surface area contributed by atoms with E-state index in [0.717, 1.165) is 24.0 Å². The lowest BCUT2D eigenvalue weighted by molar-refractivity contribution is -0.660. The summed E-state index contributed by atoms with van der Waals surface area (Å²) in [7, 11) is 2.11. The lowest BCUT2D eigenvalue weighted by Gasteiger charge is -2.08. The molecule has 3 aromatic heterocycles. The van der Waals surface area contributed by atoms with Crippen LogP contribution in [0.5, 0.6) is 0 Å². The minimum absolute atomic E-state index is 0.984. The Bertz CT molecular complexity index is 1360. The average Bonchev–Trinajstić information content (AvgIpc) is 3.18. The molecule has 0 atom stereocenters. The summed E-state index contributed by atoms with van der Waals surface area (Å²) in [5.41, 5.74) is 7.16. The third-order valence-electron chi connectivity index (χ3n) is 5.85. The van der Waals surface area contributed by atoms with Crippen LogP contribution < -0.4 is 4.57 Å². The van der Waals surface area contributed by atoms with Crippen LogP contribution in [0.4, 0.5) is 0 Å². The Balaban J connectivity index is 1.90. The van der Waals surface area contributed by atoms with Crippen molar-refractivity contribution in [1.82, 2.24) is 0 Å². The van der Waals surface area contributed by atoms with Crippen molar-refractivity contribution in [2.75, 3.05) is 0 Å². The minimum atomic E-state index is 0.984. The molecule has 0 bridgehead atoms. The van der Waals surface area contributed by atoms with Gasteiger partial charge in [-0.2, -0.15) is 0 Å². The van der Waals surface area contributed by atoms with Gasteiger partial charge >= 0.3 is 0 Å². The molecular weight excluding hydrogens is 362 g/mol. The zero-order valence-corrected chi connectivity index (χ0v) is 17.6. The van der Waals surface area contributed by atoms with Crippen LogP contribution in [0.25, 0.3) is 43.3 Å². The summed E-state index contributed by atoms with van der Waals surface area (Å²) in [5.74, 6) is 0. The van der Waals surface area contributed by atoms with Gasteiger partial charge in [-0.05, 0) is 55.0 Å². The summed E-state index contributed by atoms with van der Waals surface area (Å²) < 4.78 is 10.0. The molecule has 0 N–H and O–H groups in total. The van der Waals surface area contributed by atoms with E-state index in [0.29, 0.717) is 0 Å². The molecule has 0 aliphatic carbocycles. The van der Waals surface area contributed by atoms with E-state index in [2.05, 4.69) is 81.0 Å². The second-order valence-electron chi connectivity index (χ2n) is 7.65. The van der Waals surface area contributed by atoms with Crippen molar-refractivity contribution in [3.05, 3.63) is 64.7 Å². The Labute approximate surface area is 169 Å². The van der Waals surface area contributed by atoms with Gasteiger partial charge in [0.15, 0.2) is 6.20 Å². The van der Waals surface area contributed by atoms with Crippen LogP contribution in [0.3, 0.4) is 0 Å². The highest BCUT2D eigenvalue weighted by Gasteiger charge is 2.22. The van der Waals surface area contributed by atoms with Gasteiger partial charge in [-0.1, -0.05) is 25.5 Å². The lowest BCUT2D eigenvalue weighted by atomic mass is 9.96. The normalized spacial score (nSPS) is 11.9. The Kier molecular flexibility index (Phi) is 4.02. The van der Waals surface area contributed by atoms with E-state index in [1.165, 1.54) is 48.1 Å². The van der Waals surface area contributed by atoms with E-state index in [1.807, 2.05) is 11.3 Å². The zero-order valence-electron chi connectivity index (χ0n) is 16.8. The van der Waals surface area contributed by atoms with Crippen molar-refractivity contribution in [3.63, 3.8) is 0 Å². The van der Waals surface area contributed by atoms with Crippen LogP contribution in [-0.2, 0) is 13.5 Å². The summed E-state index contributed by atoms with van der Waals surface area (Å²) in [4.78, 5) is 1.38. The van der Waals surface area contributed by atoms with Gasteiger partial charge in [0.2, 0.25) is 5.69 Å². The van der Waals surface area contributed by atoms with Crippen molar-refractivity contribution in [2.24, 2.45) is 7.05 Å². The van der Waals surface area contributed by atoms with Gasteiger partial charge < -0.3 is 4.42 Å². The third-order valence-corrected chi connectivity index (χ3v) is 7.02. The number of pyridine rings is 1. The van der Waals surface area contributed by atoms with Crippen molar-refractivity contribution in [2.45, 2.75) is 33.6 Å². The molecule has 28 heavy (non-hydrogen) atoms. The number of rotatable bonds is 3. The molecule has 0 aliphatic rings. The fourth-order valence-corrected chi connectivity index (χ4v) is 5.34. The molecule has 5 rings (SSSR count). The number of fused-ring (bicyclic) bond motifs is 4. The fraction of sp³-hybridized carbons (Fsp3) is 0.240. The second kappa shape index (κ2) is 6.46.